The lowest BCUT2D eigenvalue weighted by Crippen LogP contribution is -2.36. The zero-order valence-corrected chi connectivity index (χ0v) is 13.8. The Morgan fingerprint density at radius 2 is 1.75 bits per heavy atom. The van der Waals surface area contributed by atoms with Gasteiger partial charge in [0.25, 0.3) is 17.0 Å². The Balaban J connectivity index is 2.02. The number of H-pyrrole nitrogens is 1. The lowest BCUT2D eigenvalue weighted by Gasteiger charge is -2.13. The van der Waals surface area contributed by atoms with E-state index in [2.05, 4.69) is 9.97 Å². The second-order valence-electron chi connectivity index (χ2n) is 5.86. The summed E-state index contributed by atoms with van der Waals surface area (Å²) in [5.41, 5.74) is -4.30. The molecule has 1 N–H and O–H groups in total. The zero-order valence-electron chi connectivity index (χ0n) is 13.8. The molecule has 140 valence electrons. The second-order valence-corrected chi connectivity index (χ2v) is 5.86. The summed E-state index contributed by atoms with van der Waals surface area (Å²) >= 11 is 0. The van der Waals surface area contributed by atoms with Crippen LogP contribution in [0.5, 0.6) is 0 Å². The predicted molar refractivity (Wildman–Crippen MR) is 93.1 cm³/mol. The number of benzene rings is 1. The van der Waals surface area contributed by atoms with E-state index in [0.717, 1.165) is 6.07 Å². The topological polar surface area (TPSA) is 97.7 Å². The Morgan fingerprint density at radius 3 is 2.46 bits per heavy atom. The molecule has 3 heterocycles. The summed E-state index contributed by atoms with van der Waals surface area (Å²) in [6.07, 6.45) is -3.71. The molecule has 28 heavy (non-hydrogen) atoms. The number of aromatic amines is 1. The first-order valence-corrected chi connectivity index (χ1v) is 7.89. The molecule has 0 radical (unpaired) electrons. The maximum Gasteiger partial charge on any atom is 0.434 e. The first-order chi connectivity index (χ1) is 13.3. The molecule has 4 rings (SSSR count). The third-order valence-electron chi connectivity index (χ3n) is 4.11. The van der Waals surface area contributed by atoms with Gasteiger partial charge in [-0.2, -0.15) is 17.9 Å². The number of hydrogen-bond donors (Lipinski definition) is 1. The van der Waals surface area contributed by atoms with Crippen molar-refractivity contribution < 1.29 is 18.0 Å². The molecule has 0 atom stereocenters. The molecule has 0 aliphatic rings. The molecule has 4 aromatic rings. The summed E-state index contributed by atoms with van der Waals surface area (Å²) in [5, 5.41) is 2.14. The summed E-state index contributed by atoms with van der Waals surface area (Å²) in [7, 11) is 0. The van der Waals surface area contributed by atoms with Crippen molar-refractivity contribution in [1.29, 1.82) is 0 Å². The van der Waals surface area contributed by atoms with Crippen LogP contribution >= 0.6 is 0 Å². The number of fused-ring (bicyclic) bond motifs is 2. The van der Waals surface area contributed by atoms with Gasteiger partial charge in [0.1, 0.15) is 0 Å². The number of carbonyl (C=O) groups excluding carboxylic acids is 1. The van der Waals surface area contributed by atoms with Crippen molar-refractivity contribution >= 4 is 27.7 Å². The Morgan fingerprint density at radius 1 is 1.04 bits per heavy atom. The number of halogens is 3. The molecule has 1 aromatic carbocycles. The van der Waals surface area contributed by atoms with Crippen molar-refractivity contribution in [2.24, 2.45) is 0 Å². The molecule has 10 heteroatoms. The van der Waals surface area contributed by atoms with E-state index in [1.807, 2.05) is 5.10 Å². The van der Waals surface area contributed by atoms with Crippen LogP contribution in [0.25, 0.3) is 21.8 Å². The number of alkyl halides is 3. The first-order valence-electron chi connectivity index (χ1n) is 7.89. The van der Waals surface area contributed by atoms with Gasteiger partial charge < -0.3 is 0 Å². The molecule has 0 aliphatic heterocycles. The molecule has 7 nitrogen and oxygen atoms in total. The molecule has 0 spiro atoms. The third-order valence-corrected chi connectivity index (χ3v) is 4.11. The van der Waals surface area contributed by atoms with E-state index >= 15 is 0 Å². The highest BCUT2D eigenvalue weighted by molar-refractivity contribution is 6.00. The molecule has 0 bridgehead atoms. The molecular weight excluding hydrogens is 377 g/mol. The molecule has 0 unspecified atom stereocenters. The van der Waals surface area contributed by atoms with Crippen molar-refractivity contribution in [2.75, 3.05) is 0 Å². The third kappa shape index (κ3) is 2.75. The first kappa shape index (κ1) is 17.6. The minimum atomic E-state index is -4.97. The summed E-state index contributed by atoms with van der Waals surface area (Å²) in [6.45, 7) is 0. The number of nitrogens with zero attached hydrogens (tertiary/aromatic N) is 3. The van der Waals surface area contributed by atoms with E-state index < -0.39 is 34.5 Å². The van der Waals surface area contributed by atoms with Crippen LogP contribution < -0.4 is 11.1 Å². The lowest BCUT2D eigenvalue weighted by atomic mass is 10.1. The Bertz CT molecular complexity index is 1370. The molecule has 0 aliphatic carbocycles. The van der Waals surface area contributed by atoms with Gasteiger partial charge in [0.05, 0.1) is 16.3 Å². The van der Waals surface area contributed by atoms with Crippen LogP contribution in [0, 0.1) is 0 Å². The van der Waals surface area contributed by atoms with E-state index in [0.29, 0.717) is 0 Å². The SMILES string of the molecule is O=C(c1cc2cccnc2nc1C(F)(F)F)n1[nH]c(=O)c2ccccc2c1=O. The van der Waals surface area contributed by atoms with Gasteiger partial charge in [0, 0.05) is 11.6 Å². The highest BCUT2D eigenvalue weighted by Gasteiger charge is 2.38. The van der Waals surface area contributed by atoms with E-state index in [9.17, 15) is 27.6 Å². The second kappa shape index (κ2) is 6.12. The van der Waals surface area contributed by atoms with Crippen LogP contribution in [-0.4, -0.2) is 25.7 Å². The molecular formula is C18H9F3N4O3. The van der Waals surface area contributed by atoms with Gasteiger partial charge in [-0.3, -0.25) is 19.5 Å². The Kier molecular flexibility index (Phi) is 3.84. The molecule has 0 saturated carbocycles. The van der Waals surface area contributed by atoms with Crippen LogP contribution in [0.4, 0.5) is 13.2 Å². The van der Waals surface area contributed by atoms with Crippen molar-refractivity contribution in [1.82, 2.24) is 19.7 Å². The number of nitrogens with one attached hydrogen (secondary N) is 1. The largest absolute Gasteiger partial charge is 0.434 e. The van der Waals surface area contributed by atoms with Crippen molar-refractivity contribution in [3.05, 3.63) is 80.6 Å². The molecule has 3 aromatic heterocycles. The van der Waals surface area contributed by atoms with Crippen LogP contribution in [0.15, 0.2) is 58.3 Å². The summed E-state index contributed by atoms with van der Waals surface area (Å²) in [4.78, 5) is 44.7. The number of rotatable bonds is 1. The fourth-order valence-electron chi connectivity index (χ4n) is 2.85. The van der Waals surface area contributed by atoms with Crippen LogP contribution in [0.3, 0.4) is 0 Å². The van der Waals surface area contributed by atoms with Gasteiger partial charge in [-0.1, -0.05) is 12.1 Å². The number of aromatic nitrogens is 4. The van der Waals surface area contributed by atoms with E-state index in [1.165, 1.54) is 42.6 Å². The van der Waals surface area contributed by atoms with Gasteiger partial charge in [-0.05, 0) is 30.3 Å². The smallest absolute Gasteiger partial charge is 0.267 e. The Hall–Kier alpha value is -3.82. The van der Waals surface area contributed by atoms with Crippen LogP contribution in [-0.2, 0) is 6.18 Å². The quantitative estimate of drug-likeness (QED) is 0.542. The highest BCUT2D eigenvalue weighted by atomic mass is 19.4. The number of carbonyl (C=O) groups is 1. The summed E-state index contributed by atoms with van der Waals surface area (Å²) in [5.74, 6) is -1.35. The fourth-order valence-corrected chi connectivity index (χ4v) is 2.85. The van der Waals surface area contributed by atoms with Gasteiger partial charge in [0.15, 0.2) is 11.3 Å². The fraction of sp³-hybridized carbons (Fsp3) is 0.0556. The van der Waals surface area contributed by atoms with E-state index in [-0.39, 0.29) is 26.5 Å². The average molecular weight is 386 g/mol. The van der Waals surface area contributed by atoms with Crippen molar-refractivity contribution in [3.8, 4) is 0 Å². The average Bonchev–Trinajstić information content (AvgIpc) is 2.68. The van der Waals surface area contributed by atoms with Gasteiger partial charge >= 0.3 is 6.18 Å². The summed E-state index contributed by atoms with van der Waals surface area (Å²) in [6, 6.07) is 9.51. The van der Waals surface area contributed by atoms with Gasteiger partial charge in [-0.25, -0.2) is 9.97 Å². The maximum atomic E-state index is 13.5. The molecule has 0 fully saturated rings. The monoisotopic (exact) mass is 386 g/mol. The minimum absolute atomic E-state index is 0.0217. The van der Waals surface area contributed by atoms with Gasteiger partial charge in [0.2, 0.25) is 0 Å². The van der Waals surface area contributed by atoms with Crippen LogP contribution in [0.2, 0.25) is 0 Å². The number of pyridine rings is 2. The number of hydrogen-bond acceptors (Lipinski definition) is 5. The normalized spacial score (nSPS) is 11.8. The molecule has 0 amide bonds. The summed E-state index contributed by atoms with van der Waals surface area (Å²) < 4.78 is 40.7. The standard InChI is InChI=1S/C18H9F3N4O3/c19-18(20,21)13-12(8-9-4-3-7-22-14(9)23-13)17(28)25-16(27)11-6-2-1-5-10(11)15(26)24-25/h1-8H,(H,24,26). The van der Waals surface area contributed by atoms with Crippen molar-refractivity contribution in [2.45, 2.75) is 6.18 Å². The minimum Gasteiger partial charge on any atom is -0.267 e. The van der Waals surface area contributed by atoms with E-state index in [4.69, 9.17) is 0 Å². The Labute approximate surface area is 153 Å². The predicted octanol–water partition coefficient (Wildman–Crippen LogP) is 2.34. The van der Waals surface area contributed by atoms with E-state index in [1.54, 1.807) is 0 Å². The van der Waals surface area contributed by atoms with Gasteiger partial charge in [-0.15, -0.1) is 0 Å². The van der Waals surface area contributed by atoms with Crippen LogP contribution in [0.1, 0.15) is 16.1 Å². The lowest BCUT2D eigenvalue weighted by molar-refractivity contribution is -0.141. The zero-order chi connectivity index (χ0) is 20.1. The highest BCUT2D eigenvalue weighted by Crippen LogP contribution is 2.32. The maximum absolute atomic E-state index is 13.5. The van der Waals surface area contributed by atoms with Crippen molar-refractivity contribution in [3.63, 3.8) is 0 Å². The molecule has 0 saturated heterocycles.